The number of carbonyl (C=O) groups excluding carboxylic acids is 1. The molecule has 1 atom stereocenters. The monoisotopic (exact) mass is 226 g/mol. The number of nitrogens with one attached hydrogen (secondary N) is 1. The van der Waals surface area contributed by atoms with Crippen molar-refractivity contribution in [3.8, 4) is 0 Å². The summed E-state index contributed by atoms with van der Waals surface area (Å²) >= 11 is 1.53. The first-order chi connectivity index (χ1) is 7.15. The van der Waals surface area contributed by atoms with Crippen LogP contribution in [0, 0.1) is 0 Å². The molecule has 1 aliphatic rings. The zero-order valence-electron chi connectivity index (χ0n) is 8.34. The molecular formula is C7H10N6OS. The van der Waals surface area contributed by atoms with Gasteiger partial charge in [-0.15, -0.1) is 10.2 Å². The van der Waals surface area contributed by atoms with E-state index in [0.29, 0.717) is 10.4 Å². The van der Waals surface area contributed by atoms with E-state index in [2.05, 4.69) is 25.7 Å². The van der Waals surface area contributed by atoms with Crippen LogP contribution >= 0.6 is 11.8 Å². The lowest BCUT2D eigenvalue weighted by Crippen LogP contribution is -2.28. The summed E-state index contributed by atoms with van der Waals surface area (Å²) in [6.45, 7) is 2.78. The molecule has 1 amide bonds. The second kappa shape index (κ2) is 3.97. The van der Waals surface area contributed by atoms with Crippen LogP contribution in [-0.4, -0.2) is 43.1 Å². The Kier molecular flexibility index (Phi) is 2.67. The molecule has 0 spiro atoms. The quantitative estimate of drug-likeness (QED) is 0.693. The predicted octanol–water partition coefficient (Wildman–Crippen LogP) is -0.569. The lowest BCUT2D eigenvalue weighted by molar-refractivity contribution is 0.0967. The maximum Gasteiger partial charge on any atom is 0.298 e. The van der Waals surface area contributed by atoms with Gasteiger partial charge in [-0.2, -0.15) is 4.80 Å². The maximum atomic E-state index is 11.5. The summed E-state index contributed by atoms with van der Waals surface area (Å²) < 4.78 is 0. The number of aryl methyl sites for hydroxylation is 1. The van der Waals surface area contributed by atoms with E-state index >= 15 is 0 Å². The largest absolute Gasteiger partial charge is 0.298 e. The molecule has 8 heteroatoms. The fourth-order valence-corrected chi connectivity index (χ4v) is 1.90. The standard InChI is InChI=1S/C7H10N6OS/c1-4-3-8-7(15-4)9-6(14)5-10-12-13(2)11-5/h4H,3H2,1-2H3,(H,8,9,14). The van der Waals surface area contributed by atoms with Crippen LogP contribution in [0.25, 0.3) is 0 Å². The molecule has 2 heterocycles. The van der Waals surface area contributed by atoms with Crippen LogP contribution in [0.5, 0.6) is 0 Å². The highest BCUT2D eigenvalue weighted by Crippen LogP contribution is 2.18. The summed E-state index contributed by atoms with van der Waals surface area (Å²) in [5, 5.41) is 14.6. The Hall–Kier alpha value is -1.44. The maximum absolute atomic E-state index is 11.5. The number of amides is 1. The molecule has 1 aromatic heterocycles. The number of tetrazole rings is 1. The van der Waals surface area contributed by atoms with Gasteiger partial charge < -0.3 is 0 Å². The van der Waals surface area contributed by atoms with Gasteiger partial charge in [0, 0.05) is 5.25 Å². The van der Waals surface area contributed by atoms with Crippen molar-refractivity contribution in [2.75, 3.05) is 6.54 Å². The van der Waals surface area contributed by atoms with Gasteiger partial charge in [0.2, 0.25) is 0 Å². The minimum Gasteiger partial charge on any atom is -0.298 e. The minimum absolute atomic E-state index is 0.0559. The Balaban J connectivity index is 1.98. The van der Waals surface area contributed by atoms with Crippen molar-refractivity contribution in [1.29, 1.82) is 0 Å². The molecule has 0 aromatic carbocycles. The fraction of sp³-hybridized carbons (Fsp3) is 0.571. The SMILES string of the molecule is CC1CN=C(NC(=O)c2nnn(C)n2)S1. The third kappa shape index (κ3) is 2.32. The topological polar surface area (TPSA) is 85.1 Å². The zero-order chi connectivity index (χ0) is 10.8. The summed E-state index contributed by atoms with van der Waals surface area (Å²) in [6, 6.07) is 0. The molecule has 2 rings (SSSR count). The first-order valence-corrected chi connectivity index (χ1v) is 5.29. The molecule has 0 saturated heterocycles. The molecule has 15 heavy (non-hydrogen) atoms. The fourth-order valence-electron chi connectivity index (χ4n) is 1.07. The van der Waals surface area contributed by atoms with Gasteiger partial charge in [-0.3, -0.25) is 15.1 Å². The number of carbonyl (C=O) groups is 1. The van der Waals surface area contributed by atoms with Crippen molar-refractivity contribution < 1.29 is 4.79 Å². The zero-order valence-corrected chi connectivity index (χ0v) is 9.15. The molecule has 0 radical (unpaired) electrons. The van der Waals surface area contributed by atoms with Crippen molar-refractivity contribution in [1.82, 2.24) is 25.5 Å². The number of amidine groups is 1. The van der Waals surface area contributed by atoms with E-state index in [-0.39, 0.29) is 11.7 Å². The molecule has 0 fully saturated rings. The van der Waals surface area contributed by atoms with Crippen LogP contribution in [-0.2, 0) is 7.05 Å². The van der Waals surface area contributed by atoms with Crippen LogP contribution < -0.4 is 5.32 Å². The summed E-state index contributed by atoms with van der Waals surface area (Å²) in [5.41, 5.74) is 0. The normalized spacial score (nSPS) is 20.1. The Morgan fingerprint density at radius 1 is 1.67 bits per heavy atom. The minimum atomic E-state index is -0.372. The number of aromatic nitrogens is 4. The first-order valence-electron chi connectivity index (χ1n) is 4.41. The van der Waals surface area contributed by atoms with Gasteiger partial charge in [0.1, 0.15) is 0 Å². The molecule has 0 bridgehead atoms. The number of aliphatic imine (C=N–C) groups is 1. The smallest absolute Gasteiger partial charge is 0.298 e. The van der Waals surface area contributed by atoms with Gasteiger partial charge in [0.25, 0.3) is 11.7 Å². The van der Waals surface area contributed by atoms with Crippen LogP contribution in [0.4, 0.5) is 0 Å². The number of rotatable bonds is 1. The van der Waals surface area contributed by atoms with Crippen LogP contribution in [0.3, 0.4) is 0 Å². The van der Waals surface area contributed by atoms with Gasteiger partial charge in [0.05, 0.1) is 13.6 Å². The molecular weight excluding hydrogens is 216 g/mol. The molecule has 1 unspecified atom stereocenters. The van der Waals surface area contributed by atoms with E-state index in [9.17, 15) is 4.79 Å². The molecule has 1 aromatic rings. The number of nitrogens with zero attached hydrogens (tertiary/aromatic N) is 5. The van der Waals surface area contributed by atoms with Crippen molar-refractivity contribution in [3.05, 3.63) is 5.82 Å². The molecule has 0 aliphatic carbocycles. The van der Waals surface area contributed by atoms with Crippen LogP contribution in [0.1, 0.15) is 17.5 Å². The second-order valence-electron chi connectivity index (χ2n) is 3.13. The molecule has 80 valence electrons. The van der Waals surface area contributed by atoms with E-state index in [4.69, 9.17) is 0 Å². The number of hydrogen-bond donors (Lipinski definition) is 1. The van der Waals surface area contributed by atoms with Gasteiger partial charge in [-0.05, 0) is 5.21 Å². The second-order valence-corrected chi connectivity index (χ2v) is 4.56. The van der Waals surface area contributed by atoms with E-state index in [0.717, 1.165) is 6.54 Å². The van der Waals surface area contributed by atoms with Crippen molar-refractivity contribution in [2.24, 2.45) is 12.0 Å². The Bertz CT molecular complexity index is 413. The van der Waals surface area contributed by atoms with Gasteiger partial charge in [0.15, 0.2) is 5.17 Å². The van der Waals surface area contributed by atoms with Crippen molar-refractivity contribution >= 4 is 22.8 Å². The third-order valence-electron chi connectivity index (χ3n) is 1.74. The summed E-state index contributed by atoms with van der Waals surface area (Å²) in [6.07, 6.45) is 0. The average Bonchev–Trinajstić information content (AvgIpc) is 2.75. The summed E-state index contributed by atoms with van der Waals surface area (Å²) in [4.78, 5) is 16.9. The molecule has 7 nitrogen and oxygen atoms in total. The highest BCUT2D eigenvalue weighted by Gasteiger charge is 2.19. The predicted molar refractivity (Wildman–Crippen MR) is 55.6 cm³/mol. The van der Waals surface area contributed by atoms with Crippen molar-refractivity contribution in [3.63, 3.8) is 0 Å². The lowest BCUT2D eigenvalue weighted by Gasteiger charge is -2.00. The highest BCUT2D eigenvalue weighted by atomic mass is 32.2. The number of thioether (sulfide) groups is 1. The van der Waals surface area contributed by atoms with Crippen molar-refractivity contribution in [2.45, 2.75) is 12.2 Å². The third-order valence-corrected chi connectivity index (χ3v) is 2.74. The van der Waals surface area contributed by atoms with E-state index in [1.807, 2.05) is 6.92 Å². The van der Waals surface area contributed by atoms with Gasteiger partial charge >= 0.3 is 0 Å². The Labute approximate surface area is 90.3 Å². The molecule has 1 N–H and O–H groups in total. The molecule has 1 aliphatic heterocycles. The summed E-state index contributed by atoms with van der Waals surface area (Å²) in [5.74, 6) is -0.316. The van der Waals surface area contributed by atoms with E-state index in [1.165, 1.54) is 16.6 Å². The Morgan fingerprint density at radius 2 is 2.47 bits per heavy atom. The number of hydrogen-bond acceptors (Lipinski definition) is 6. The highest BCUT2D eigenvalue weighted by molar-refractivity contribution is 8.14. The first kappa shape index (κ1) is 10.1. The van der Waals surface area contributed by atoms with Crippen LogP contribution in [0.15, 0.2) is 4.99 Å². The van der Waals surface area contributed by atoms with Crippen LogP contribution in [0.2, 0.25) is 0 Å². The van der Waals surface area contributed by atoms with E-state index < -0.39 is 0 Å². The van der Waals surface area contributed by atoms with Gasteiger partial charge in [-0.25, -0.2) is 0 Å². The lowest BCUT2D eigenvalue weighted by atomic mass is 10.5. The van der Waals surface area contributed by atoms with Gasteiger partial charge in [-0.1, -0.05) is 18.7 Å². The molecule has 0 saturated carbocycles. The Morgan fingerprint density at radius 3 is 3.00 bits per heavy atom. The van der Waals surface area contributed by atoms with E-state index in [1.54, 1.807) is 7.05 Å². The summed E-state index contributed by atoms with van der Waals surface area (Å²) in [7, 11) is 1.60. The average molecular weight is 226 g/mol.